The summed E-state index contributed by atoms with van der Waals surface area (Å²) < 4.78 is 19.4. The van der Waals surface area contributed by atoms with E-state index < -0.39 is 11.5 Å². The van der Waals surface area contributed by atoms with E-state index in [-0.39, 0.29) is 5.41 Å². The maximum atomic E-state index is 13.0. The highest BCUT2D eigenvalue weighted by Crippen LogP contribution is 2.58. The minimum atomic E-state index is -1.06. The Hall–Kier alpha value is -3.45. The normalized spacial score (nSPS) is 28.0. The van der Waals surface area contributed by atoms with Crippen LogP contribution in [0.2, 0.25) is 5.02 Å². The molecule has 0 radical (unpaired) electrons. The van der Waals surface area contributed by atoms with E-state index in [0.29, 0.717) is 67.3 Å². The molecule has 2 N–H and O–H groups in total. The van der Waals surface area contributed by atoms with Crippen LogP contribution in [0, 0.1) is 23.7 Å². The average molecular weight is 687 g/mol. The summed E-state index contributed by atoms with van der Waals surface area (Å²) in [6.07, 6.45) is 9.76. The van der Waals surface area contributed by atoms with Gasteiger partial charge in [0.25, 0.3) is 0 Å². The van der Waals surface area contributed by atoms with E-state index in [0.717, 1.165) is 55.0 Å². The van der Waals surface area contributed by atoms with Crippen molar-refractivity contribution in [1.82, 2.24) is 4.98 Å². The van der Waals surface area contributed by atoms with Gasteiger partial charge in [0, 0.05) is 34.1 Å². The molecule has 1 saturated carbocycles. The van der Waals surface area contributed by atoms with Crippen molar-refractivity contribution in [1.29, 1.82) is 0 Å². The lowest BCUT2D eigenvalue weighted by molar-refractivity contribution is -0.144. The third-order valence-corrected chi connectivity index (χ3v) is 12.4. The zero-order chi connectivity index (χ0) is 34.3. The Bertz CT molecular complexity index is 1680. The molecular formula is C41H51ClN2O5. The quantitative estimate of drug-likeness (QED) is 0.232. The highest BCUT2D eigenvalue weighted by Gasteiger charge is 2.54. The largest absolute Gasteiger partial charge is 0.493 e. The van der Waals surface area contributed by atoms with Crippen molar-refractivity contribution in [3.8, 4) is 17.2 Å². The van der Waals surface area contributed by atoms with Crippen LogP contribution in [0.25, 0.3) is 0 Å². The molecule has 1 unspecified atom stereocenters. The van der Waals surface area contributed by atoms with Gasteiger partial charge in [-0.2, -0.15) is 0 Å². The highest BCUT2D eigenvalue weighted by molar-refractivity contribution is 6.30. The van der Waals surface area contributed by atoms with Gasteiger partial charge >= 0.3 is 5.97 Å². The molecule has 8 heteroatoms. The van der Waals surface area contributed by atoms with Gasteiger partial charge in [-0.1, -0.05) is 45.4 Å². The molecular weight excluding hydrogens is 636 g/mol. The third kappa shape index (κ3) is 6.60. The molecule has 3 aliphatic carbocycles. The summed E-state index contributed by atoms with van der Waals surface area (Å²) in [4.78, 5) is 17.7. The van der Waals surface area contributed by atoms with E-state index in [1.54, 1.807) is 0 Å². The van der Waals surface area contributed by atoms with Gasteiger partial charge in [-0.05, 0) is 134 Å². The van der Waals surface area contributed by atoms with Crippen LogP contribution in [0.5, 0.6) is 17.2 Å². The van der Waals surface area contributed by atoms with E-state index in [2.05, 4.69) is 50.1 Å². The second-order valence-corrected chi connectivity index (χ2v) is 16.2. The summed E-state index contributed by atoms with van der Waals surface area (Å²) in [5.74, 6) is 3.76. The molecule has 262 valence electrons. The fraction of sp³-hybridized carbons (Fsp3) is 0.561. The summed E-state index contributed by atoms with van der Waals surface area (Å²) in [6, 6.07) is 13.9. The van der Waals surface area contributed by atoms with Crippen molar-refractivity contribution >= 4 is 23.3 Å². The van der Waals surface area contributed by atoms with Crippen LogP contribution >= 0.6 is 11.6 Å². The SMILES string of the molecule is CC(C)C1COc2cc3c(cc2OC1)C1(CCC(Nc2cccc(Cl)c2)(C(=O)O)CC1)[C@@H](C[C@@H](C)COc1ccnc2c1[C@H](C)CCC2)C3. The number of pyridine rings is 1. The van der Waals surface area contributed by atoms with Crippen LogP contribution in [0.3, 0.4) is 0 Å². The monoisotopic (exact) mass is 686 g/mol. The molecule has 1 fully saturated rings. The molecule has 7 rings (SSSR count). The van der Waals surface area contributed by atoms with Crippen LogP contribution in [-0.2, 0) is 23.1 Å². The van der Waals surface area contributed by atoms with Crippen molar-refractivity contribution < 1.29 is 24.1 Å². The molecule has 1 aromatic heterocycles. The van der Waals surface area contributed by atoms with Gasteiger partial charge in [0.05, 0.1) is 19.8 Å². The summed E-state index contributed by atoms with van der Waals surface area (Å²) >= 11 is 6.29. The molecule has 0 saturated heterocycles. The third-order valence-electron chi connectivity index (χ3n) is 12.2. The van der Waals surface area contributed by atoms with Gasteiger partial charge < -0.3 is 24.6 Å². The lowest BCUT2D eigenvalue weighted by atomic mass is 9.59. The number of aryl methyl sites for hydroxylation is 1. The number of nitrogens with zero attached hydrogens (tertiary/aromatic N) is 1. The zero-order valence-electron chi connectivity index (χ0n) is 29.4. The average Bonchev–Trinajstić information content (AvgIpc) is 3.20. The molecule has 49 heavy (non-hydrogen) atoms. The Labute approximate surface area is 296 Å². The van der Waals surface area contributed by atoms with E-state index >= 15 is 0 Å². The maximum absolute atomic E-state index is 13.0. The van der Waals surface area contributed by atoms with Gasteiger partial charge in [0.15, 0.2) is 11.5 Å². The molecule has 0 bridgehead atoms. The molecule has 1 spiro atoms. The number of anilines is 1. The van der Waals surface area contributed by atoms with Gasteiger partial charge in [0.1, 0.15) is 11.3 Å². The van der Waals surface area contributed by atoms with E-state index in [1.807, 2.05) is 36.5 Å². The van der Waals surface area contributed by atoms with Crippen molar-refractivity contribution in [3.63, 3.8) is 0 Å². The van der Waals surface area contributed by atoms with Crippen LogP contribution in [0.15, 0.2) is 48.7 Å². The van der Waals surface area contributed by atoms with Gasteiger partial charge in [-0.25, -0.2) is 4.79 Å². The number of nitrogens with one attached hydrogen (secondary N) is 1. The van der Waals surface area contributed by atoms with E-state index in [4.69, 9.17) is 25.8 Å². The molecule has 0 amide bonds. The summed E-state index contributed by atoms with van der Waals surface area (Å²) in [5, 5.41) is 14.6. The second-order valence-electron chi connectivity index (χ2n) is 15.8. The number of hydrogen-bond donors (Lipinski definition) is 2. The first-order valence-electron chi connectivity index (χ1n) is 18.4. The summed E-state index contributed by atoms with van der Waals surface area (Å²) in [6.45, 7) is 10.9. The predicted octanol–water partition coefficient (Wildman–Crippen LogP) is 9.24. The van der Waals surface area contributed by atoms with Crippen molar-refractivity contribution in [2.45, 2.75) is 102 Å². The Morgan fingerprint density at radius 2 is 1.84 bits per heavy atom. The fourth-order valence-corrected chi connectivity index (χ4v) is 9.36. The number of carboxylic acid groups (broad SMARTS) is 1. The highest BCUT2D eigenvalue weighted by atomic mass is 35.5. The Balaban J connectivity index is 1.15. The topological polar surface area (TPSA) is 89.9 Å². The first-order valence-corrected chi connectivity index (χ1v) is 18.8. The van der Waals surface area contributed by atoms with Crippen molar-refractivity contribution in [3.05, 3.63) is 76.1 Å². The van der Waals surface area contributed by atoms with E-state index in [9.17, 15) is 9.90 Å². The lowest BCUT2D eigenvalue weighted by Gasteiger charge is -2.47. The minimum Gasteiger partial charge on any atom is -0.493 e. The predicted molar refractivity (Wildman–Crippen MR) is 193 cm³/mol. The van der Waals surface area contributed by atoms with Gasteiger partial charge in [-0.15, -0.1) is 0 Å². The van der Waals surface area contributed by atoms with E-state index in [1.165, 1.54) is 35.2 Å². The van der Waals surface area contributed by atoms with Crippen LogP contribution < -0.4 is 19.5 Å². The van der Waals surface area contributed by atoms with Crippen LogP contribution in [0.4, 0.5) is 5.69 Å². The molecule has 2 heterocycles. The lowest BCUT2D eigenvalue weighted by Crippen LogP contribution is -2.53. The maximum Gasteiger partial charge on any atom is 0.329 e. The standard InChI is InChI=1S/C41H51ClN2O5/c1-25(2)29-23-48-36-19-28-18-30(17-26(3)22-47-35-11-16-43-34-10-5-7-27(4)38(34)35)40(33(28)21-37(36)49-24-29)12-14-41(15-13-40,39(45)46)44-32-9-6-8-31(42)20-32/h6,8-9,11,16,19-21,25-27,29-30,44H,5,7,10,12-15,17-18,22-24H2,1-4H3,(H,45,46)/t26-,27-,29?,30+,40?,41?/m1/s1. The number of carboxylic acids is 1. The molecule has 3 aromatic rings. The number of fused-ring (bicyclic) bond motifs is 4. The number of carbonyl (C=O) groups is 1. The number of halogens is 1. The second kappa shape index (κ2) is 13.7. The fourth-order valence-electron chi connectivity index (χ4n) is 9.17. The van der Waals surface area contributed by atoms with Crippen molar-refractivity contribution in [2.75, 3.05) is 25.1 Å². The van der Waals surface area contributed by atoms with Crippen LogP contribution in [0.1, 0.15) is 101 Å². The first-order chi connectivity index (χ1) is 23.6. The number of aromatic nitrogens is 1. The number of rotatable bonds is 9. The molecule has 1 aliphatic heterocycles. The van der Waals surface area contributed by atoms with Crippen LogP contribution in [-0.4, -0.2) is 41.4 Å². The Kier molecular flexibility index (Phi) is 9.51. The van der Waals surface area contributed by atoms with Crippen molar-refractivity contribution in [2.24, 2.45) is 23.7 Å². The zero-order valence-corrected chi connectivity index (χ0v) is 30.2. The smallest absolute Gasteiger partial charge is 0.329 e. The number of ether oxygens (including phenoxy) is 3. The minimum absolute atomic E-state index is 0.162. The number of aliphatic carboxylic acids is 1. The molecule has 2 aromatic carbocycles. The Morgan fingerprint density at radius 3 is 2.55 bits per heavy atom. The number of hydrogen-bond acceptors (Lipinski definition) is 6. The van der Waals surface area contributed by atoms with Gasteiger partial charge in [-0.3, -0.25) is 4.98 Å². The first kappa shape index (κ1) is 34.0. The summed E-state index contributed by atoms with van der Waals surface area (Å²) in [7, 11) is 0. The molecule has 4 atom stereocenters. The summed E-state index contributed by atoms with van der Waals surface area (Å²) in [5.41, 5.74) is 4.62. The molecule has 7 nitrogen and oxygen atoms in total. The Morgan fingerprint density at radius 1 is 1.08 bits per heavy atom. The molecule has 4 aliphatic rings. The number of benzene rings is 2. The van der Waals surface area contributed by atoms with Gasteiger partial charge in [0.2, 0.25) is 0 Å².